The molecule has 13 heteroatoms. The first-order valence-corrected chi connectivity index (χ1v) is 20.8. The van der Waals surface area contributed by atoms with Crippen molar-refractivity contribution in [2.24, 2.45) is 0 Å². The van der Waals surface area contributed by atoms with Gasteiger partial charge in [-0.05, 0) is 57.8 Å². The van der Waals surface area contributed by atoms with Crippen LogP contribution < -0.4 is 0 Å². The standard InChI is InChI=1S/C38H69O12P/c1-3-5-7-9-11-13-15-16-17-18-20-22-24-26-28-47-29-31(49-32(39)27-25-23-21-19-14-12-10-8-6-4-2)30-48-51(45,46)50-38-36(43)34(41)33(40)35(42)37(38)44/h7-10,13,15,31,33-38,40-44H,3-6,11-12,14,16-30H2,1-2H3,(H,45,46)/b9-7-,10-8-,15-13-. The van der Waals surface area contributed by atoms with Gasteiger partial charge in [-0.1, -0.05) is 108 Å². The Labute approximate surface area is 306 Å². The van der Waals surface area contributed by atoms with Crippen molar-refractivity contribution in [3.8, 4) is 0 Å². The molecule has 0 aromatic rings. The molecule has 1 saturated carbocycles. The SMILES string of the molecule is CCC/C=C\C/C=C\CCCCCCCCOCC(COP(=O)(O)OC1C(O)C(O)C(O)C(O)C1O)OC(=O)CCCCCCC/C=C\CCC. The Morgan fingerprint density at radius 2 is 1.10 bits per heavy atom. The second kappa shape index (κ2) is 29.9. The van der Waals surface area contributed by atoms with E-state index in [-0.39, 0.29) is 13.0 Å². The number of phosphoric ester groups is 1. The fourth-order valence-corrected chi connectivity index (χ4v) is 6.54. The average Bonchev–Trinajstić information content (AvgIpc) is 3.11. The molecule has 0 aromatic heterocycles. The number of carbonyl (C=O) groups excluding carboxylic acids is 1. The highest BCUT2D eigenvalue weighted by molar-refractivity contribution is 7.47. The number of hydrogen-bond donors (Lipinski definition) is 6. The molecule has 51 heavy (non-hydrogen) atoms. The molecule has 12 nitrogen and oxygen atoms in total. The maximum Gasteiger partial charge on any atom is 0.472 e. The Kier molecular flexibility index (Phi) is 27.9. The molecule has 0 spiro atoms. The summed E-state index contributed by atoms with van der Waals surface area (Å²) < 4.78 is 33.9. The third-order valence-electron chi connectivity index (χ3n) is 8.70. The first-order valence-electron chi connectivity index (χ1n) is 19.3. The molecule has 1 fully saturated rings. The summed E-state index contributed by atoms with van der Waals surface area (Å²) in [4.78, 5) is 22.9. The van der Waals surface area contributed by atoms with Crippen LogP contribution in [0.15, 0.2) is 36.5 Å². The number of allylic oxidation sites excluding steroid dienone is 6. The lowest BCUT2D eigenvalue weighted by Crippen LogP contribution is -2.64. The third kappa shape index (κ3) is 23.1. The van der Waals surface area contributed by atoms with E-state index in [1.165, 1.54) is 12.8 Å². The normalized spacial score (nSPS) is 24.5. The van der Waals surface area contributed by atoms with E-state index in [0.717, 1.165) is 96.3 Å². The molecule has 1 aliphatic carbocycles. The summed E-state index contributed by atoms with van der Waals surface area (Å²) >= 11 is 0. The zero-order chi connectivity index (χ0) is 37.7. The fourth-order valence-electron chi connectivity index (χ4n) is 5.57. The molecule has 0 amide bonds. The van der Waals surface area contributed by atoms with Gasteiger partial charge in [0.1, 0.15) is 42.7 Å². The Balaban J connectivity index is 2.48. The zero-order valence-electron chi connectivity index (χ0n) is 31.1. The van der Waals surface area contributed by atoms with Gasteiger partial charge in [0.05, 0.1) is 13.2 Å². The second-order valence-corrected chi connectivity index (χ2v) is 14.8. The number of unbranched alkanes of at least 4 members (excludes halogenated alkanes) is 13. The van der Waals surface area contributed by atoms with Crippen molar-refractivity contribution in [3.63, 3.8) is 0 Å². The number of aliphatic hydroxyl groups is 5. The number of rotatable bonds is 31. The smallest absolute Gasteiger partial charge is 0.457 e. The molecule has 0 bridgehead atoms. The van der Waals surface area contributed by atoms with Gasteiger partial charge in [-0.3, -0.25) is 13.8 Å². The van der Waals surface area contributed by atoms with E-state index in [4.69, 9.17) is 18.5 Å². The quantitative estimate of drug-likeness (QED) is 0.0199. The van der Waals surface area contributed by atoms with Gasteiger partial charge in [0.2, 0.25) is 0 Å². The highest BCUT2D eigenvalue weighted by Gasteiger charge is 2.51. The molecule has 6 atom stereocenters. The molecule has 1 rings (SSSR count). The fraction of sp³-hybridized carbons (Fsp3) is 0.816. The first-order chi connectivity index (χ1) is 24.5. The number of hydrogen-bond acceptors (Lipinski definition) is 11. The van der Waals surface area contributed by atoms with Crippen LogP contribution in [0.2, 0.25) is 0 Å². The second-order valence-electron chi connectivity index (χ2n) is 13.4. The number of aliphatic hydroxyl groups excluding tert-OH is 5. The van der Waals surface area contributed by atoms with Crippen molar-refractivity contribution in [1.82, 2.24) is 0 Å². The van der Waals surface area contributed by atoms with Gasteiger partial charge in [-0.15, -0.1) is 0 Å². The van der Waals surface area contributed by atoms with Crippen molar-refractivity contribution in [1.29, 1.82) is 0 Å². The maximum absolute atomic E-state index is 12.7. The molecule has 0 saturated heterocycles. The number of esters is 1. The highest BCUT2D eigenvalue weighted by atomic mass is 31.2. The zero-order valence-corrected chi connectivity index (χ0v) is 32.0. The van der Waals surface area contributed by atoms with E-state index >= 15 is 0 Å². The van der Waals surface area contributed by atoms with Crippen molar-refractivity contribution < 1.29 is 58.3 Å². The van der Waals surface area contributed by atoms with Gasteiger partial charge in [0.15, 0.2) is 0 Å². The summed E-state index contributed by atoms with van der Waals surface area (Å²) in [5.74, 6) is -0.496. The van der Waals surface area contributed by atoms with Crippen molar-refractivity contribution in [2.45, 2.75) is 179 Å². The summed E-state index contributed by atoms with van der Waals surface area (Å²) in [6, 6.07) is 0. The van der Waals surface area contributed by atoms with E-state index < -0.39 is 63.1 Å². The van der Waals surface area contributed by atoms with Crippen LogP contribution in [0.5, 0.6) is 0 Å². The summed E-state index contributed by atoms with van der Waals surface area (Å²) in [6.07, 6.45) is 19.5. The minimum atomic E-state index is -5.01. The minimum Gasteiger partial charge on any atom is -0.457 e. The lowest BCUT2D eigenvalue weighted by molar-refractivity contribution is -0.220. The maximum atomic E-state index is 12.7. The van der Waals surface area contributed by atoms with Crippen molar-refractivity contribution in [3.05, 3.63) is 36.5 Å². The Morgan fingerprint density at radius 3 is 1.69 bits per heavy atom. The molecule has 1 aliphatic rings. The summed E-state index contributed by atoms with van der Waals surface area (Å²) in [5, 5.41) is 49.9. The van der Waals surface area contributed by atoms with Crippen LogP contribution in [-0.2, 0) is 27.9 Å². The monoisotopic (exact) mass is 748 g/mol. The van der Waals surface area contributed by atoms with Crippen LogP contribution >= 0.6 is 7.82 Å². The molecular formula is C38H69O12P. The van der Waals surface area contributed by atoms with Crippen LogP contribution in [0.25, 0.3) is 0 Å². The summed E-state index contributed by atoms with van der Waals surface area (Å²) in [6.45, 7) is 4.06. The highest BCUT2D eigenvalue weighted by Crippen LogP contribution is 2.47. The molecule has 0 heterocycles. The van der Waals surface area contributed by atoms with Crippen LogP contribution in [0.1, 0.15) is 136 Å². The van der Waals surface area contributed by atoms with Gasteiger partial charge < -0.3 is 39.9 Å². The molecule has 6 N–H and O–H groups in total. The molecular weight excluding hydrogens is 679 g/mol. The molecule has 0 aromatic carbocycles. The van der Waals surface area contributed by atoms with E-state index in [9.17, 15) is 39.8 Å². The Morgan fingerprint density at radius 1 is 0.627 bits per heavy atom. The van der Waals surface area contributed by atoms with E-state index in [0.29, 0.717) is 13.0 Å². The summed E-state index contributed by atoms with van der Waals surface area (Å²) in [7, 11) is -5.01. The Hall–Kier alpha value is -1.44. The summed E-state index contributed by atoms with van der Waals surface area (Å²) in [5.41, 5.74) is 0. The van der Waals surface area contributed by atoms with Crippen molar-refractivity contribution in [2.75, 3.05) is 19.8 Å². The third-order valence-corrected chi connectivity index (χ3v) is 9.68. The average molecular weight is 749 g/mol. The predicted octanol–water partition coefficient (Wildman–Crippen LogP) is 6.36. The number of carbonyl (C=O) groups is 1. The van der Waals surface area contributed by atoms with Gasteiger partial charge in [-0.2, -0.15) is 0 Å². The van der Waals surface area contributed by atoms with Gasteiger partial charge in [-0.25, -0.2) is 4.57 Å². The van der Waals surface area contributed by atoms with Gasteiger partial charge in [0.25, 0.3) is 0 Å². The van der Waals surface area contributed by atoms with E-state index in [1.54, 1.807) is 0 Å². The predicted molar refractivity (Wildman–Crippen MR) is 198 cm³/mol. The topological polar surface area (TPSA) is 192 Å². The largest absolute Gasteiger partial charge is 0.472 e. The van der Waals surface area contributed by atoms with Crippen LogP contribution in [0.4, 0.5) is 0 Å². The van der Waals surface area contributed by atoms with Crippen LogP contribution in [-0.4, -0.2) is 98.9 Å². The molecule has 0 aliphatic heterocycles. The van der Waals surface area contributed by atoms with Crippen LogP contribution in [0, 0.1) is 0 Å². The van der Waals surface area contributed by atoms with E-state index in [2.05, 4.69) is 50.3 Å². The van der Waals surface area contributed by atoms with E-state index in [1.807, 2.05) is 0 Å². The van der Waals surface area contributed by atoms with Crippen molar-refractivity contribution >= 4 is 13.8 Å². The number of phosphoric acid groups is 1. The van der Waals surface area contributed by atoms with Gasteiger partial charge >= 0.3 is 13.8 Å². The first kappa shape index (κ1) is 47.6. The lowest BCUT2D eigenvalue weighted by Gasteiger charge is -2.41. The molecule has 0 radical (unpaired) electrons. The minimum absolute atomic E-state index is 0.0877. The molecule has 298 valence electrons. The lowest BCUT2D eigenvalue weighted by atomic mass is 9.85. The van der Waals surface area contributed by atoms with Crippen LogP contribution in [0.3, 0.4) is 0 Å². The number of ether oxygens (including phenoxy) is 2. The Bertz CT molecular complexity index is 989. The molecule has 6 unspecified atom stereocenters. The van der Waals surface area contributed by atoms with Gasteiger partial charge in [0, 0.05) is 13.0 Å².